The molecule has 1 fully saturated rings. The van der Waals surface area contributed by atoms with E-state index in [0.717, 1.165) is 13.0 Å². The fraction of sp³-hybridized carbons (Fsp3) is 0.360. The van der Waals surface area contributed by atoms with E-state index in [1.54, 1.807) is 0 Å². The zero-order valence-corrected chi connectivity index (χ0v) is 17.5. The molecule has 1 saturated heterocycles. The first-order valence-corrected chi connectivity index (χ1v) is 10.8. The van der Waals surface area contributed by atoms with Crippen molar-refractivity contribution in [2.45, 2.75) is 32.7 Å². The highest BCUT2D eigenvalue weighted by atomic mass is 16.2. The molecule has 2 heterocycles. The van der Waals surface area contributed by atoms with Crippen molar-refractivity contribution < 1.29 is 9.59 Å². The van der Waals surface area contributed by atoms with E-state index in [1.807, 2.05) is 35.2 Å². The lowest BCUT2D eigenvalue weighted by molar-refractivity contribution is -0.138. The van der Waals surface area contributed by atoms with Gasteiger partial charge in [0.25, 0.3) is 0 Å². The fourth-order valence-corrected chi connectivity index (χ4v) is 4.33. The Balaban J connectivity index is 1.29. The highest BCUT2D eigenvalue weighted by molar-refractivity contribution is 5.84. The number of para-hydroxylation sites is 1. The quantitative estimate of drug-likeness (QED) is 0.656. The summed E-state index contributed by atoms with van der Waals surface area (Å²) >= 11 is 0. The van der Waals surface area contributed by atoms with Gasteiger partial charge in [-0.1, -0.05) is 48.5 Å². The van der Waals surface area contributed by atoms with Gasteiger partial charge in [-0.3, -0.25) is 9.59 Å². The Bertz CT molecular complexity index is 1030. The maximum absolute atomic E-state index is 12.7. The zero-order valence-electron chi connectivity index (χ0n) is 17.5. The van der Waals surface area contributed by atoms with Gasteiger partial charge in [-0.25, -0.2) is 0 Å². The number of rotatable bonds is 7. The van der Waals surface area contributed by atoms with E-state index < -0.39 is 0 Å². The molecule has 0 spiro atoms. The van der Waals surface area contributed by atoms with E-state index in [-0.39, 0.29) is 17.7 Å². The normalized spacial score (nSPS) is 16.8. The van der Waals surface area contributed by atoms with Gasteiger partial charge in [0.05, 0.1) is 5.92 Å². The number of likely N-dealkylation sites (tertiary alicyclic amines) is 1. The minimum absolute atomic E-state index is 0.0568. The van der Waals surface area contributed by atoms with E-state index in [1.165, 1.54) is 22.2 Å². The summed E-state index contributed by atoms with van der Waals surface area (Å²) in [5.74, 6) is 0.0896. The van der Waals surface area contributed by atoms with Gasteiger partial charge in [0.2, 0.25) is 11.8 Å². The van der Waals surface area contributed by atoms with Crippen molar-refractivity contribution in [3.8, 4) is 0 Å². The fourth-order valence-electron chi connectivity index (χ4n) is 4.33. The molecule has 5 heteroatoms. The van der Waals surface area contributed by atoms with Crippen molar-refractivity contribution in [1.82, 2.24) is 14.8 Å². The lowest BCUT2D eigenvalue weighted by Crippen LogP contribution is -2.46. The van der Waals surface area contributed by atoms with Crippen LogP contribution in [0, 0.1) is 12.8 Å². The van der Waals surface area contributed by atoms with Crippen molar-refractivity contribution >= 4 is 22.7 Å². The second kappa shape index (κ2) is 9.16. The Morgan fingerprint density at radius 2 is 1.83 bits per heavy atom. The molecule has 156 valence electrons. The maximum atomic E-state index is 12.7. The van der Waals surface area contributed by atoms with Crippen molar-refractivity contribution in [2.24, 2.45) is 5.92 Å². The summed E-state index contributed by atoms with van der Waals surface area (Å²) in [4.78, 5) is 26.9. The van der Waals surface area contributed by atoms with Crippen LogP contribution >= 0.6 is 0 Å². The van der Waals surface area contributed by atoms with Crippen molar-refractivity contribution in [2.75, 3.05) is 19.6 Å². The molecule has 1 unspecified atom stereocenters. The standard InChI is InChI=1S/C25H29N3O2/c1-19-17-21-9-5-6-10-23(21)28(19)16-14-26-25(30)22-11-12-24(29)27(18-22)15-13-20-7-3-2-4-8-20/h2-10,17,22H,11-16,18H2,1H3,(H,26,30). The lowest BCUT2D eigenvalue weighted by atomic mass is 9.96. The maximum Gasteiger partial charge on any atom is 0.224 e. The minimum atomic E-state index is -0.124. The van der Waals surface area contributed by atoms with Gasteiger partial charge in [-0.15, -0.1) is 0 Å². The van der Waals surface area contributed by atoms with Crippen molar-refractivity contribution in [3.05, 3.63) is 71.9 Å². The van der Waals surface area contributed by atoms with E-state index in [4.69, 9.17) is 0 Å². The van der Waals surface area contributed by atoms with Crippen LogP contribution < -0.4 is 5.32 Å². The Labute approximate surface area is 177 Å². The van der Waals surface area contributed by atoms with Gasteiger partial charge in [0, 0.05) is 43.8 Å². The van der Waals surface area contributed by atoms with Crippen LogP contribution in [0.3, 0.4) is 0 Å². The van der Waals surface area contributed by atoms with Gasteiger partial charge in [-0.05, 0) is 42.8 Å². The monoisotopic (exact) mass is 403 g/mol. The van der Waals surface area contributed by atoms with E-state index in [0.29, 0.717) is 32.5 Å². The third-order valence-electron chi connectivity index (χ3n) is 6.04. The van der Waals surface area contributed by atoms with Crippen molar-refractivity contribution in [3.63, 3.8) is 0 Å². The number of amides is 2. The molecular weight excluding hydrogens is 374 g/mol. The summed E-state index contributed by atoms with van der Waals surface area (Å²) in [7, 11) is 0. The van der Waals surface area contributed by atoms with E-state index >= 15 is 0 Å². The largest absolute Gasteiger partial charge is 0.354 e. The minimum Gasteiger partial charge on any atom is -0.354 e. The predicted molar refractivity (Wildman–Crippen MR) is 119 cm³/mol. The number of nitrogens with one attached hydrogen (secondary N) is 1. The number of hydrogen-bond acceptors (Lipinski definition) is 2. The van der Waals surface area contributed by atoms with E-state index in [9.17, 15) is 9.59 Å². The average molecular weight is 404 g/mol. The van der Waals surface area contributed by atoms with E-state index in [2.05, 4.69) is 47.1 Å². The number of piperidine rings is 1. The molecule has 1 aromatic heterocycles. The van der Waals surface area contributed by atoms with Gasteiger partial charge >= 0.3 is 0 Å². The average Bonchev–Trinajstić information content (AvgIpc) is 3.09. The van der Waals surface area contributed by atoms with Crippen LogP contribution in [0.5, 0.6) is 0 Å². The molecule has 1 aliphatic rings. The molecule has 2 aromatic carbocycles. The highest BCUT2D eigenvalue weighted by Gasteiger charge is 2.29. The Morgan fingerprint density at radius 3 is 2.67 bits per heavy atom. The molecule has 30 heavy (non-hydrogen) atoms. The zero-order chi connectivity index (χ0) is 20.9. The Morgan fingerprint density at radius 1 is 1.07 bits per heavy atom. The molecule has 0 aliphatic carbocycles. The highest BCUT2D eigenvalue weighted by Crippen LogP contribution is 2.20. The number of benzene rings is 2. The molecule has 1 atom stereocenters. The number of hydrogen-bond donors (Lipinski definition) is 1. The van der Waals surface area contributed by atoms with Crippen LogP contribution in [0.4, 0.5) is 0 Å². The second-order valence-corrected chi connectivity index (χ2v) is 8.10. The molecule has 1 aliphatic heterocycles. The first kappa shape index (κ1) is 20.2. The van der Waals surface area contributed by atoms with Gasteiger partial charge in [-0.2, -0.15) is 0 Å². The lowest BCUT2D eigenvalue weighted by Gasteiger charge is -2.32. The predicted octanol–water partition coefficient (Wildman–Crippen LogP) is 3.55. The molecule has 1 N–H and O–H groups in total. The van der Waals surface area contributed by atoms with Crippen LogP contribution in [0.25, 0.3) is 10.9 Å². The Hall–Kier alpha value is -3.08. The summed E-state index contributed by atoms with van der Waals surface area (Å²) in [6.07, 6.45) is 1.91. The summed E-state index contributed by atoms with van der Waals surface area (Å²) in [5, 5.41) is 4.32. The molecule has 0 radical (unpaired) electrons. The van der Waals surface area contributed by atoms with Gasteiger partial charge < -0.3 is 14.8 Å². The first-order valence-electron chi connectivity index (χ1n) is 10.8. The van der Waals surface area contributed by atoms with Crippen LogP contribution in [0.15, 0.2) is 60.7 Å². The summed E-state index contributed by atoms with van der Waals surface area (Å²) in [5.41, 5.74) is 3.60. The number of nitrogens with zero attached hydrogens (tertiary/aromatic N) is 2. The van der Waals surface area contributed by atoms with Crippen LogP contribution in [0.2, 0.25) is 0 Å². The SMILES string of the molecule is Cc1cc2ccccc2n1CCNC(=O)C1CCC(=O)N(CCc2ccccc2)C1. The third-order valence-corrected chi connectivity index (χ3v) is 6.04. The smallest absolute Gasteiger partial charge is 0.224 e. The molecule has 5 nitrogen and oxygen atoms in total. The molecule has 3 aromatic rings. The van der Waals surface area contributed by atoms with Crippen LogP contribution in [0.1, 0.15) is 24.1 Å². The molecule has 2 amide bonds. The Kier molecular flexibility index (Phi) is 6.17. The topological polar surface area (TPSA) is 54.3 Å². The molecule has 4 rings (SSSR count). The first-order chi connectivity index (χ1) is 14.6. The number of aryl methyl sites for hydroxylation is 1. The number of fused-ring (bicyclic) bond motifs is 1. The van der Waals surface area contributed by atoms with Crippen LogP contribution in [-0.2, 0) is 22.6 Å². The number of aromatic nitrogens is 1. The summed E-state index contributed by atoms with van der Waals surface area (Å²) in [6.45, 7) is 4.62. The molecule has 0 bridgehead atoms. The number of carbonyl (C=O) groups is 2. The van der Waals surface area contributed by atoms with Crippen molar-refractivity contribution in [1.29, 1.82) is 0 Å². The summed E-state index contributed by atoms with van der Waals surface area (Å²) in [6, 6.07) is 20.7. The summed E-state index contributed by atoms with van der Waals surface area (Å²) < 4.78 is 2.24. The third kappa shape index (κ3) is 4.56. The van der Waals surface area contributed by atoms with Gasteiger partial charge in [0.15, 0.2) is 0 Å². The number of carbonyl (C=O) groups excluding carboxylic acids is 2. The molecular formula is C25H29N3O2. The van der Waals surface area contributed by atoms with Crippen LogP contribution in [-0.4, -0.2) is 40.9 Å². The molecule has 0 saturated carbocycles. The second-order valence-electron chi connectivity index (χ2n) is 8.10. The van der Waals surface area contributed by atoms with Gasteiger partial charge in [0.1, 0.15) is 0 Å².